The molecular formula is C16H21N3O3. The number of nitrogens with zero attached hydrogens (tertiary/aromatic N) is 2. The van der Waals surface area contributed by atoms with Crippen LogP contribution in [0.1, 0.15) is 44.9 Å². The molecule has 0 spiro atoms. The molecule has 22 heavy (non-hydrogen) atoms. The number of hydrogen-bond donors (Lipinski definition) is 1. The number of aromatic nitrogens is 2. The normalized spacial score (nSPS) is 18.7. The zero-order valence-electron chi connectivity index (χ0n) is 13.4. The number of H-pyrrole nitrogens is 1. The maximum atomic E-state index is 12.8. The molecule has 1 aliphatic rings. The van der Waals surface area contributed by atoms with Gasteiger partial charge in [-0.1, -0.05) is 0 Å². The molecule has 0 saturated carbocycles. The van der Waals surface area contributed by atoms with E-state index < -0.39 is 0 Å². The Morgan fingerprint density at radius 2 is 2.14 bits per heavy atom. The second-order valence-corrected chi connectivity index (χ2v) is 5.79. The van der Waals surface area contributed by atoms with Gasteiger partial charge in [0.15, 0.2) is 5.76 Å². The van der Waals surface area contributed by atoms with Crippen molar-refractivity contribution in [2.45, 2.75) is 33.7 Å². The molecule has 1 amide bonds. The van der Waals surface area contributed by atoms with Gasteiger partial charge in [0.25, 0.3) is 5.91 Å². The maximum absolute atomic E-state index is 12.8. The first-order valence-corrected chi connectivity index (χ1v) is 7.46. The highest BCUT2D eigenvalue weighted by Gasteiger charge is 2.33. The molecule has 1 fully saturated rings. The number of aryl methyl sites for hydroxylation is 4. The summed E-state index contributed by atoms with van der Waals surface area (Å²) in [7, 11) is 0. The number of carbonyl (C=O) groups is 1. The minimum atomic E-state index is -0.134. The van der Waals surface area contributed by atoms with Gasteiger partial charge in [-0.2, -0.15) is 5.10 Å². The molecule has 0 aliphatic carbocycles. The smallest absolute Gasteiger partial charge is 0.290 e. The monoisotopic (exact) mass is 303 g/mol. The van der Waals surface area contributed by atoms with Gasteiger partial charge < -0.3 is 14.1 Å². The van der Waals surface area contributed by atoms with Crippen molar-refractivity contribution in [3.05, 3.63) is 40.1 Å². The lowest BCUT2D eigenvalue weighted by Crippen LogP contribution is -2.43. The van der Waals surface area contributed by atoms with Gasteiger partial charge in [-0.3, -0.25) is 9.89 Å². The van der Waals surface area contributed by atoms with E-state index in [4.69, 9.17) is 9.15 Å². The van der Waals surface area contributed by atoms with E-state index in [1.165, 1.54) is 0 Å². The van der Waals surface area contributed by atoms with Crippen LogP contribution in [0.2, 0.25) is 0 Å². The van der Waals surface area contributed by atoms with Gasteiger partial charge in [0.05, 0.1) is 24.9 Å². The SMILES string of the molecule is Cc1cc(C(=O)N2CCOC[C@@H]2c2c(C)n[nH]c2C)oc1C. The molecule has 2 aromatic rings. The van der Waals surface area contributed by atoms with Crippen LogP contribution in [0.3, 0.4) is 0 Å². The third-order valence-corrected chi connectivity index (χ3v) is 4.28. The van der Waals surface area contributed by atoms with Crippen molar-refractivity contribution in [1.82, 2.24) is 15.1 Å². The number of ether oxygens (including phenoxy) is 1. The van der Waals surface area contributed by atoms with E-state index in [-0.39, 0.29) is 11.9 Å². The second kappa shape index (κ2) is 5.61. The molecule has 1 N–H and O–H groups in total. The summed E-state index contributed by atoms with van der Waals surface area (Å²) in [5.41, 5.74) is 3.90. The van der Waals surface area contributed by atoms with E-state index in [1.807, 2.05) is 32.6 Å². The Morgan fingerprint density at radius 3 is 2.73 bits per heavy atom. The molecule has 0 unspecified atom stereocenters. The predicted molar refractivity (Wildman–Crippen MR) is 80.8 cm³/mol. The van der Waals surface area contributed by atoms with Crippen LogP contribution in [0, 0.1) is 27.7 Å². The third-order valence-electron chi connectivity index (χ3n) is 4.28. The number of nitrogens with one attached hydrogen (secondary N) is 1. The summed E-state index contributed by atoms with van der Waals surface area (Å²) in [6.45, 7) is 9.28. The summed E-state index contributed by atoms with van der Waals surface area (Å²) in [5.74, 6) is 1.08. The molecule has 3 rings (SSSR count). The van der Waals surface area contributed by atoms with Gasteiger partial charge in [0.2, 0.25) is 0 Å². The third kappa shape index (κ3) is 2.43. The van der Waals surface area contributed by atoms with Gasteiger partial charge >= 0.3 is 0 Å². The van der Waals surface area contributed by atoms with Crippen molar-refractivity contribution < 1.29 is 13.9 Å². The maximum Gasteiger partial charge on any atom is 0.290 e. The lowest BCUT2D eigenvalue weighted by atomic mass is 10.0. The van der Waals surface area contributed by atoms with Crippen LogP contribution in [0.25, 0.3) is 0 Å². The van der Waals surface area contributed by atoms with Crippen LogP contribution in [-0.2, 0) is 4.74 Å². The van der Waals surface area contributed by atoms with Crippen LogP contribution < -0.4 is 0 Å². The van der Waals surface area contributed by atoms with Crippen LogP contribution in [0.4, 0.5) is 0 Å². The lowest BCUT2D eigenvalue weighted by molar-refractivity contribution is -0.00462. The second-order valence-electron chi connectivity index (χ2n) is 5.79. The summed E-state index contributed by atoms with van der Waals surface area (Å²) < 4.78 is 11.2. The summed E-state index contributed by atoms with van der Waals surface area (Å²) in [6.07, 6.45) is 0. The minimum absolute atomic E-state index is 0.0931. The highest BCUT2D eigenvalue weighted by Crippen LogP contribution is 2.30. The number of aromatic amines is 1. The van der Waals surface area contributed by atoms with Gasteiger partial charge in [0.1, 0.15) is 5.76 Å². The molecule has 0 radical (unpaired) electrons. The Labute approximate surface area is 129 Å². The minimum Gasteiger partial charge on any atom is -0.456 e. The Bertz CT molecular complexity index is 663. The number of hydrogen-bond acceptors (Lipinski definition) is 4. The number of morpholine rings is 1. The van der Waals surface area contributed by atoms with Crippen LogP contribution in [0.5, 0.6) is 0 Å². The van der Waals surface area contributed by atoms with Crippen molar-refractivity contribution in [3.63, 3.8) is 0 Å². The number of carbonyl (C=O) groups excluding carboxylic acids is 1. The van der Waals surface area contributed by atoms with Gasteiger partial charge in [-0.25, -0.2) is 0 Å². The van der Waals surface area contributed by atoms with Crippen molar-refractivity contribution in [2.75, 3.05) is 19.8 Å². The van der Waals surface area contributed by atoms with Gasteiger partial charge in [0, 0.05) is 17.8 Å². The molecule has 118 valence electrons. The molecule has 1 aliphatic heterocycles. The summed E-state index contributed by atoms with van der Waals surface area (Å²) >= 11 is 0. The van der Waals surface area contributed by atoms with Crippen molar-refractivity contribution in [2.24, 2.45) is 0 Å². The standard InChI is InChI=1S/C16H21N3O3/c1-9-7-14(22-12(9)4)16(20)19-5-6-21-8-13(19)15-10(2)17-18-11(15)3/h7,13H,5-6,8H2,1-4H3,(H,17,18)/t13-/m1/s1. The van der Waals surface area contributed by atoms with E-state index in [1.54, 1.807) is 6.07 Å². The Kier molecular flexibility index (Phi) is 3.78. The van der Waals surface area contributed by atoms with Crippen molar-refractivity contribution >= 4 is 5.91 Å². The van der Waals surface area contributed by atoms with Crippen molar-refractivity contribution in [3.8, 4) is 0 Å². The zero-order valence-corrected chi connectivity index (χ0v) is 13.4. The Balaban J connectivity index is 1.94. The van der Waals surface area contributed by atoms with Crippen molar-refractivity contribution in [1.29, 1.82) is 0 Å². The van der Waals surface area contributed by atoms with E-state index in [0.29, 0.717) is 25.5 Å². The van der Waals surface area contributed by atoms with E-state index in [0.717, 1.165) is 28.3 Å². The zero-order chi connectivity index (χ0) is 15.9. The number of furan rings is 1. The predicted octanol–water partition coefficient (Wildman–Crippen LogP) is 2.45. The van der Waals surface area contributed by atoms with Crippen LogP contribution in [-0.4, -0.2) is 40.8 Å². The van der Waals surface area contributed by atoms with Crippen LogP contribution >= 0.6 is 0 Å². The first-order valence-electron chi connectivity index (χ1n) is 7.46. The fourth-order valence-electron chi connectivity index (χ4n) is 2.96. The molecule has 6 heteroatoms. The first kappa shape index (κ1) is 14.8. The number of rotatable bonds is 2. The highest BCUT2D eigenvalue weighted by molar-refractivity contribution is 5.92. The topological polar surface area (TPSA) is 71.4 Å². The van der Waals surface area contributed by atoms with E-state index in [9.17, 15) is 4.79 Å². The Hall–Kier alpha value is -2.08. The quantitative estimate of drug-likeness (QED) is 0.925. The molecule has 0 aromatic carbocycles. The number of amides is 1. The van der Waals surface area contributed by atoms with E-state index >= 15 is 0 Å². The first-order chi connectivity index (χ1) is 10.5. The largest absolute Gasteiger partial charge is 0.456 e. The molecule has 6 nitrogen and oxygen atoms in total. The average molecular weight is 303 g/mol. The average Bonchev–Trinajstić information content (AvgIpc) is 3.01. The molecule has 1 saturated heterocycles. The lowest BCUT2D eigenvalue weighted by Gasteiger charge is -2.35. The molecule has 2 aromatic heterocycles. The molecule has 1 atom stereocenters. The van der Waals surface area contributed by atoms with E-state index in [2.05, 4.69) is 10.2 Å². The molecular weight excluding hydrogens is 282 g/mol. The molecule has 3 heterocycles. The fourth-order valence-corrected chi connectivity index (χ4v) is 2.96. The summed E-state index contributed by atoms with van der Waals surface area (Å²) in [5, 5.41) is 7.21. The molecule has 0 bridgehead atoms. The van der Waals surface area contributed by atoms with Gasteiger partial charge in [-0.05, 0) is 39.3 Å². The highest BCUT2D eigenvalue weighted by atomic mass is 16.5. The summed E-state index contributed by atoms with van der Waals surface area (Å²) in [6, 6.07) is 1.67. The summed E-state index contributed by atoms with van der Waals surface area (Å²) in [4.78, 5) is 14.7. The van der Waals surface area contributed by atoms with Crippen LogP contribution in [0.15, 0.2) is 10.5 Å². The Morgan fingerprint density at radius 1 is 1.36 bits per heavy atom. The van der Waals surface area contributed by atoms with Gasteiger partial charge in [-0.15, -0.1) is 0 Å². The fraction of sp³-hybridized carbons (Fsp3) is 0.500.